The maximum atomic E-state index is 10.8. The van der Waals surface area contributed by atoms with Crippen molar-refractivity contribution in [2.75, 3.05) is 6.61 Å². The van der Waals surface area contributed by atoms with Gasteiger partial charge in [-0.05, 0) is 18.8 Å². The van der Waals surface area contributed by atoms with Gasteiger partial charge < -0.3 is 4.55 Å². The van der Waals surface area contributed by atoms with Gasteiger partial charge in [-0.3, -0.25) is 4.18 Å². The fraction of sp³-hybridized carbons (Fsp3) is 1.00. The summed E-state index contributed by atoms with van der Waals surface area (Å²) >= 11 is 0. The molecule has 0 aliphatic heterocycles. The van der Waals surface area contributed by atoms with Gasteiger partial charge in [-0.2, -0.15) is 0 Å². The Morgan fingerprint density at radius 2 is 0.844 bits per heavy atom. The molecule has 0 saturated heterocycles. The topological polar surface area (TPSA) is 66.4 Å². The predicted molar refractivity (Wildman–Crippen MR) is 132 cm³/mol. The van der Waals surface area contributed by atoms with E-state index in [4.69, 9.17) is 0 Å². The maximum absolute atomic E-state index is 10.8. The number of rotatable bonds is 25. The Hall–Kier alpha value is 0.870. The molecule has 0 amide bonds. The molecule has 4 nitrogen and oxygen atoms in total. The first-order valence-corrected chi connectivity index (χ1v) is 14.9. The third-order valence-corrected chi connectivity index (χ3v) is 6.80. The average molecular weight is 485 g/mol. The summed E-state index contributed by atoms with van der Waals surface area (Å²) in [6, 6.07) is 0. The van der Waals surface area contributed by atoms with Crippen LogP contribution in [0.2, 0.25) is 0 Å². The van der Waals surface area contributed by atoms with E-state index in [1.165, 1.54) is 116 Å². The fourth-order valence-corrected chi connectivity index (χ4v) is 4.69. The van der Waals surface area contributed by atoms with Crippen LogP contribution in [0.15, 0.2) is 0 Å². The Morgan fingerprint density at radius 3 is 1.12 bits per heavy atom. The van der Waals surface area contributed by atoms with Crippen molar-refractivity contribution in [3.05, 3.63) is 0 Å². The van der Waals surface area contributed by atoms with E-state index in [0.717, 1.165) is 25.7 Å². The molecule has 0 saturated carbocycles. The molecule has 0 spiro atoms. The molecule has 0 aromatic carbocycles. The van der Waals surface area contributed by atoms with E-state index in [-0.39, 0.29) is 42.1 Å². The second-order valence-electron chi connectivity index (χ2n) is 9.50. The summed E-state index contributed by atoms with van der Waals surface area (Å²) in [6.07, 6.45) is 28.2. The SMILES string of the molecule is CCCCCCCCCCCCCCCCCC(CCCCCCC)COS(=O)(=O)[O-].[Na+]. The molecule has 0 heterocycles. The van der Waals surface area contributed by atoms with Crippen molar-refractivity contribution >= 4 is 10.4 Å². The van der Waals surface area contributed by atoms with Gasteiger partial charge in [-0.25, -0.2) is 8.42 Å². The summed E-state index contributed by atoms with van der Waals surface area (Å²) in [7, 11) is -4.57. The molecule has 32 heavy (non-hydrogen) atoms. The summed E-state index contributed by atoms with van der Waals surface area (Å²) in [5.74, 6) is 0.201. The smallest absolute Gasteiger partial charge is 0.726 e. The maximum Gasteiger partial charge on any atom is 1.00 e. The van der Waals surface area contributed by atoms with Gasteiger partial charge in [0.1, 0.15) is 0 Å². The Balaban J connectivity index is 0. The number of hydrogen-bond acceptors (Lipinski definition) is 4. The van der Waals surface area contributed by atoms with E-state index in [0.29, 0.717) is 0 Å². The molecule has 0 bridgehead atoms. The third kappa shape index (κ3) is 28.9. The van der Waals surface area contributed by atoms with E-state index in [1.54, 1.807) is 0 Å². The zero-order valence-corrected chi connectivity index (χ0v) is 24.7. The first-order valence-electron chi connectivity index (χ1n) is 13.6. The van der Waals surface area contributed by atoms with Crippen molar-refractivity contribution in [3.63, 3.8) is 0 Å². The van der Waals surface area contributed by atoms with Crippen molar-refractivity contribution in [3.8, 4) is 0 Å². The summed E-state index contributed by atoms with van der Waals surface area (Å²) in [5.41, 5.74) is 0. The Kier molecular flexibility index (Phi) is 29.0. The third-order valence-electron chi connectivity index (χ3n) is 6.38. The largest absolute Gasteiger partial charge is 1.00 e. The summed E-state index contributed by atoms with van der Waals surface area (Å²) < 4.78 is 36.9. The zero-order valence-electron chi connectivity index (χ0n) is 21.9. The summed E-state index contributed by atoms with van der Waals surface area (Å²) in [5, 5.41) is 0. The van der Waals surface area contributed by atoms with Gasteiger partial charge in [0.05, 0.1) is 6.61 Å². The molecule has 1 unspecified atom stereocenters. The molecular weight excluding hydrogens is 431 g/mol. The van der Waals surface area contributed by atoms with Crippen LogP contribution in [0, 0.1) is 5.92 Å². The first-order chi connectivity index (χ1) is 15.0. The van der Waals surface area contributed by atoms with Crippen molar-refractivity contribution in [2.45, 2.75) is 155 Å². The molecule has 0 aliphatic rings. The molecule has 0 radical (unpaired) electrons. The number of hydrogen-bond donors (Lipinski definition) is 0. The Labute approximate surface area is 223 Å². The van der Waals surface area contributed by atoms with Crippen LogP contribution < -0.4 is 29.6 Å². The molecular formula is C26H53NaO4S. The Bertz CT molecular complexity index is 457. The molecule has 1 atom stereocenters. The molecule has 188 valence electrons. The van der Waals surface area contributed by atoms with Crippen molar-refractivity contribution in [1.82, 2.24) is 0 Å². The van der Waals surface area contributed by atoms with Crippen LogP contribution in [0.1, 0.15) is 155 Å². The quantitative estimate of drug-likeness (QED) is 0.0721. The second kappa shape index (κ2) is 26.5. The minimum Gasteiger partial charge on any atom is -0.726 e. The fourth-order valence-electron chi connectivity index (χ4n) is 4.33. The molecule has 0 aliphatic carbocycles. The standard InChI is InChI=1S/C26H54O4S.Na/c1-3-5-7-9-10-11-12-13-14-15-16-17-18-20-22-24-26(25-30-31(27,28)29)23-21-19-8-6-4-2;/h26H,3-25H2,1-2H3,(H,27,28,29);/q;+1/p-1. The van der Waals surface area contributed by atoms with Crippen molar-refractivity contribution in [1.29, 1.82) is 0 Å². The first kappa shape index (κ1) is 35.0. The van der Waals surface area contributed by atoms with Gasteiger partial charge >= 0.3 is 29.6 Å². The molecule has 0 aromatic rings. The monoisotopic (exact) mass is 484 g/mol. The molecule has 0 N–H and O–H groups in total. The van der Waals surface area contributed by atoms with Crippen LogP contribution in [0.5, 0.6) is 0 Å². The van der Waals surface area contributed by atoms with Crippen LogP contribution >= 0.6 is 0 Å². The molecule has 6 heteroatoms. The molecule has 0 fully saturated rings. The number of unbranched alkanes of at least 4 members (excludes halogenated alkanes) is 18. The van der Waals surface area contributed by atoms with E-state index in [9.17, 15) is 13.0 Å². The van der Waals surface area contributed by atoms with Gasteiger partial charge in [0.2, 0.25) is 10.4 Å². The van der Waals surface area contributed by atoms with Gasteiger partial charge in [0.25, 0.3) is 0 Å². The van der Waals surface area contributed by atoms with Gasteiger partial charge in [-0.15, -0.1) is 0 Å². The van der Waals surface area contributed by atoms with Gasteiger partial charge in [0, 0.05) is 0 Å². The summed E-state index contributed by atoms with van der Waals surface area (Å²) in [4.78, 5) is 0. The normalized spacial score (nSPS) is 12.6. The van der Waals surface area contributed by atoms with Crippen LogP contribution in [-0.4, -0.2) is 19.6 Å². The predicted octanol–water partition coefficient (Wildman–Crippen LogP) is 5.71. The molecule has 0 rings (SSSR count). The van der Waals surface area contributed by atoms with E-state index < -0.39 is 10.4 Å². The van der Waals surface area contributed by atoms with Crippen LogP contribution in [0.3, 0.4) is 0 Å². The van der Waals surface area contributed by atoms with Gasteiger partial charge in [-0.1, -0.05) is 142 Å². The van der Waals surface area contributed by atoms with Gasteiger partial charge in [0.15, 0.2) is 0 Å². The van der Waals surface area contributed by atoms with Crippen LogP contribution in [0.4, 0.5) is 0 Å². The minimum absolute atomic E-state index is 0. The van der Waals surface area contributed by atoms with E-state index in [2.05, 4.69) is 18.0 Å². The zero-order chi connectivity index (χ0) is 23.0. The summed E-state index contributed by atoms with van der Waals surface area (Å²) in [6.45, 7) is 4.54. The second-order valence-corrected chi connectivity index (χ2v) is 10.6. The van der Waals surface area contributed by atoms with Crippen molar-refractivity contribution in [2.24, 2.45) is 5.92 Å². The van der Waals surface area contributed by atoms with E-state index >= 15 is 0 Å². The molecule has 0 aromatic heterocycles. The Morgan fingerprint density at radius 1 is 0.562 bits per heavy atom. The average Bonchev–Trinajstić information content (AvgIpc) is 2.73. The van der Waals surface area contributed by atoms with E-state index in [1.807, 2.05) is 0 Å². The van der Waals surface area contributed by atoms with Crippen molar-refractivity contribution < 1.29 is 46.7 Å². The van der Waals surface area contributed by atoms with Crippen LogP contribution in [0.25, 0.3) is 0 Å². The minimum atomic E-state index is -4.57. The van der Waals surface area contributed by atoms with Crippen LogP contribution in [-0.2, 0) is 14.6 Å².